The zero-order valence-electron chi connectivity index (χ0n) is 16.6. The number of nitrogens with one attached hydrogen (secondary N) is 2. The molecule has 0 bridgehead atoms. The predicted octanol–water partition coefficient (Wildman–Crippen LogP) is 4.22. The van der Waals surface area contributed by atoms with Gasteiger partial charge in [-0.25, -0.2) is 4.39 Å². The number of thiophene rings is 1. The van der Waals surface area contributed by atoms with Crippen LogP contribution in [0.4, 0.5) is 4.39 Å². The highest BCUT2D eigenvalue weighted by molar-refractivity contribution is 7.10. The number of benzene rings is 2. The number of hydrogen-bond acceptors (Lipinski definition) is 5. The van der Waals surface area contributed by atoms with Gasteiger partial charge in [-0.3, -0.25) is 0 Å². The van der Waals surface area contributed by atoms with Crippen molar-refractivity contribution >= 4 is 22.4 Å². The maximum absolute atomic E-state index is 14.9. The minimum absolute atomic E-state index is 0.207. The van der Waals surface area contributed by atoms with E-state index in [4.69, 9.17) is 5.73 Å². The normalized spacial score (nSPS) is 17.3. The first-order valence-corrected chi connectivity index (χ1v) is 11.1. The highest BCUT2D eigenvalue weighted by atomic mass is 32.1. The second kappa shape index (κ2) is 7.91. The van der Waals surface area contributed by atoms with E-state index in [0.717, 1.165) is 53.0 Å². The molecule has 0 aliphatic carbocycles. The van der Waals surface area contributed by atoms with E-state index in [0.29, 0.717) is 17.9 Å². The van der Waals surface area contributed by atoms with E-state index in [1.807, 2.05) is 36.4 Å². The second-order valence-corrected chi connectivity index (χ2v) is 9.00. The van der Waals surface area contributed by atoms with Crippen molar-refractivity contribution in [2.45, 2.75) is 24.8 Å². The highest BCUT2D eigenvalue weighted by Crippen LogP contribution is 2.39. The minimum atomic E-state index is -0.578. The van der Waals surface area contributed by atoms with Crippen LogP contribution in [0.2, 0.25) is 0 Å². The largest absolute Gasteiger partial charge is 0.320 e. The van der Waals surface area contributed by atoms with Crippen LogP contribution in [0.1, 0.15) is 23.3 Å². The van der Waals surface area contributed by atoms with Crippen molar-refractivity contribution < 1.29 is 4.39 Å². The van der Waals surface area contributed by atoms with Crippen LogP contribution in [0.15, 0.2) is 53.9 Å². The van der Waals surface area contributed by atoms with Crippen molar-refractivity contribution in [3.63, 3.8) is 0 Å². The molecule has 5 rings (SSSR count). The molecule has 1 aliphatic heterocycles. The summed E-state index contributed by atoms with van der Waals surface area (Å²) in [4.78, 5) is 1.13. The lowest BCUT2D eigenvalue weighted by Gasteiger charge is -2.39. The molecule has 1 unspecified atom stereocenters. The number of H-pyrrole nitrogens is 1. The lowest BCUT2D eigenvalue weighted by Crippen LogP contribution is -2.49. The average Bonchev–Trinajstić information content (AvgIpc) is 3.48. The van der Waals surface area contributed by atoms with Crippen molar-refractivity contribution in [2.75, 3.05) is 13.1 Å². The first kappa shape index (κ1) is 19.4. The molecule has 0 amide bonds. The Morgan fingerprint density at radius 1 is 1.03 bits per heavy atom. The van der Waals surface area contributed by atoms with E-state index < -0.39 is 5.54 Å². The van der Waals surface area contributed by atoms with Crippen molar-refractivity contribution in [2.24, 2.45) is 11.7 Å². The molecule has 30 heavy (non-hydrogen) atoms. The Bertz CT molecular complexity index is 1150. The summed E-state index contributed by atoms with van der Waals surface area (Å²) >= 11 is 1.67. The third-order valence-electron chi connectivity index (χ3n) is 6.23. The van der Waals surface area contributed by atoms with E-state index in [2.05, 4.69) is 32.2 Å². The molecule has 1 aliphatic rings. The average molecular weight is 422 g/mol. The van der Waals surface area contributed by atoms with Gasteiger partial charge in [-0.2, -0.15) is 15.4 Å². The van der Waals surface area contributed by atoms with Gasteiger partial charge in [0.2, 0.25) is 0 Å². The Morgan fingerprint density at radius 2 is 1.80 bits per heavy atom. The molecule has 0 radical (unpaired) electrons. The molecule has 1 saturated heterocycles. The molecule has 2 aromatic carbocycles. The Kier molecular flexibility index (Phi) is 5.10. The fourth-order valence-corrected chi connectivity index (χ4v) is 5.46. The van der Waals surface area contributed by atoms with E-state index in [1.54, 1.807) is 17.4 Å². The van der Waals surface area contributed by atoms with Crippen molar-refractivity contribution in [3.05, 3.63) is 70.2 Å². The molecule has 3 heterocycles. The molecule has 4 N–H and O–H groups in total. The molecular weight excluding hydrogens is 397 g/mol. The first-order chi connectivity index (χ1) is 14.6. The summed E-state index contributed by atoms with van der Waals surface area (Å²) in [5.41, 5.74) is 10.7. The first-order valence-electron chi connectivity index (χ1n) is 10.3. The summed E-state index contributed by atoms with van der Waals surface area (Å²) in [6, 6.07) is 15.3. The van der Waals surface area contributed by atoms with Gasteiger partial charge in [0.25, 0.3) is 0 Å². The van der Waals surface area contributed by atoms with E-state index in [1.165, 1.54) is 0 Å². The van der Waals surface area contributed by atoms with Crippen LogP contribution in [0.3, 0.4) is 0 Å². The number of piperidine rings is 1. The Balaban J connectivity index is 1.52. The van der Waals surface area contributed by atoms with Gasteiger partial charge in [0, 0.05) is 4.88 Å². The monoisotopic (exact) mass is 421 g/mol. The number of nitrogens with two attached hydrogens (primary N) is 1. The van der Waals surface area contributed by atoms with Crippen LogP contribution in [0, 0.1) is 11.7 Å². The second-order valence-electron chi connectivity index (χ2n) is 8.05. The number of hydrogen-bond donors (Lipinski definition) is 3. The smallest absolute Gasteiger partial charge is 0.126 e. The Labute approximate surface area is 178 Å². The van der Waals surface area contributed by atoms with Crippen LogP contribution >= 0.6 is 11.3 Å². The molecule has 2 aromatic heterocycles. The van der Waals surface area contributed by atoms with Crippen LogP contribution < -0.4 is 11.1 Å². The molecule has 7 heteroatoms. The summed E-state index contributed by atoms with van der Waals surface area (Å²) in [5.74, 6) is 0.105. The van der Waals surface area contributed by atoms with Gasteiger partial charge in [-0.15, -0.1) is 11.3 Å². The van der Waals surface area contributed by atoms with Crippen molar-refractivity contribution in [1.82, 2.24) is 20.7 Å². The summed E-state index contributed by atoms with van der Waals surface area (Å²) in [7, 11) is 0. The lowest BCUT2D eigenvalue weighted by molar-refractivity contribution is 0.216. The summed E-state index contributed by atoms with van der Waals surface area (Å²) in [6.07, 6.45) is 2.47. The number of halogens is 1. The SMILES string of the molecule is NC(Cc1cc(-c2ccc3n[nH]nc3c2)ccc1F)(c1cccs1)C1CCNCC1. The Hall–Kier alpha value is -2.61. The maximum Gasteiger partial charge on any atom is 0.126 e. The van der Waals surface area contributed by atoms with E-state index in [-0.39, 0.29) is 5.82 Å². The van der Waals surface area contributed by atoms with Gasteiger partial charge < -0.3 is 11.1 Å². The van der Waals surface area contributed by atoms with Gasteiger partial charge in [-0.05, 0) is 90.7 Å². The number of fused-ring (bicyclic) bond motifs is 1. The fraction of sp³-hybridized carbons (Fsp3) is 0.304. The summed E-state index contributed by atoms with van der Waals surface area (Å²) in [6.45, 7) is 1.91. The third-order valence-corrected chi connectivity index (χ3v) is 7.29. The van der Waals surface area contributed by atoms with Crippen LogP contribution in [-0.4, -0.2) is 28.5 Å². The van der Waals surface area contributed by atoms with Gasteiger partial charge in [0.15, 0.2) is 0 Å². The minimum Gasteiger partial charge on any atom is -0.320 e. The quantitative estimate of drug-likeness (QED) is 0.451. The number of nitrogens with zero attached hydrogens (tertiary/aromatic N) is 2. The molecule has 4 aromatic rings. The lowest BCUT2D eigenvalue weighted by atomic mass is 9.74. The molecule has 0 spiro atoms. The molecule has 0 saturated carbocycles. The van der Waals surface area contributed by atoms with Gasteiger partial charge >= 0.3 is 0 Å². The number of rotatable bonds is 5. The third kappa shape index (κ3) is 3.53. The Morgan fingerprint density at radius 3 is 2.60 bits per heavy atom. The zero-order chi connectivity index (χ0) is 20.6. The van der Waals surface area contributed by atoms with Crippen LogP contribution in [0.25, 0.3) is 22.2 Å². The van der Waals surface area contributed by atoms with Crippen molar-refractivity contribution in [3.8, 4) is 11.1 Å². The molecule has 1 atom stereocenters. The number of aromatic nitrogens is 3. The van der Waals surface area contributed by atoms with Crippen molar-refractivity contribution in [1.29, 1.82) is 0 Å². The van der Waals surface area contributed by atoms with Gasteiger partial charge in [0.1, 0.15) is 16.9 Å². The predicted molar refractivity (Wildman–Crippen MR) is 119 cm³/mol. The molecule has 154 valence electrons. The van der Waals surface area contributed by atoms with Crippen LogP contribution in [0.5, 0.6) is 0 Å². The number of aromatic amines is 1. The molecule has 1 fully saturated rings. The van der Waals surface area contributed by atoms with E-state index in [9.17, 15) is 4.39 Å². The fourth-order valence-electron chi connectivity index (χ4n) is 4.54. The summed E-state index contributed by atoms with van der Waals surface area (Å²) < 4.78 is 14.9. The highest BCUT2D eigenvalue weighted by Gasteiger charge is 2.38. The maximum atomic E-state index is 14.9. The topological polar surface area (TPSA) is 79.6 Å². The van der Waals surface area contributed by atoms with Crippen LogP contribution in [-0.2, 0) is 12.0 Å². The van der Waals surface area contributed by atoms with Gasteiger partial charge in [0.05, 0.1) is 5.54 Å². The summed E-state index contributed by atoms with van der Waals surface area (Å²) in [5, 5.41) is 16.4. The zero-order valence-corrected chi connectivity index (χ0v) is 17.4. The molecule has 5 nitrogen and oxygen atoms in total. The van der Waals surface area contributed by atoms with E-state index >= 15 is 0 Å². The van der Waals surface area contributed by atoms with Gasteiger partial charge in [-0.1, -0.05) is 18.2 Å². The molecular formula is C23H24FN5S. The standard InChI is InChI=1S/C23H24FN5S/c24-19-5-3-15(16-4-6-20-21(13-16)28-29-27-20)12-17(19)14-23(25,22-2-1-11-30-22)18-7-9-26-10-8-18/h1-6,11-13,18,26H,7-10,14,25H2,(H,27,28,29).